The number of ether oxygens (including phenoxy) is 1. The second-order valence-corrected chi connectivity index (χ2v) is 5.23. The minimum Gasteiger partial charge on any atom is -0.437 e. The zero-order chi connectivity index (χ0) is 16.4. The van der Waals surface area contributed by atoms with Gasteiger partial charge in [0.1, 0.15) is 0 Å². The van der Waals surface area contributed by atoms with E-state index in [1.807, 2.05) is 49.4 Å². The summed E-state index contributed by atoms with van der Waals surface area (Å²) in [7, 11) is 0. The molecule has 3 heterocycles. The largest absolute Gasteiger partial charge is 0.437 e. The number of aromatic nitrogens is 3. The molecule has 1 aromatic carbocycles. The minimum absolute atomic E-state index is 0.502. The number of nitrogens with one attached hydrogen (secondary N) is 1. The first-order valence-corrected chi connectivity index (χ1v) is 7.46. The van der Waals surface area contributed by atoms with Crippen molar-refractivity contribution in [2.75, 3.05) is 5.32 Å². The molecule has 0 bridgehead atoms. The van der Waals surface area contributed by atoms with E-state index < -0.39 is 0 Å². The normalized spacial score (nSPS) is 10.7. The van der Waals surface area contributed by atoms with Gasteiger partial charge in [-0.3, -0.25) is 4.98 Å². The van der Waals surface area contributed by atoms with Gasteiger partial charge in [-0.1, -0.05) is 17.3 Å². The molecule has 0 aliphatic heterocycles. The molecule has 0 aliphatic carbocycles. The molecule has 0 unspecified atom stereocenters. The van der Waals surface area contributed by atoms with Crippen molar-refractivity contribution in [2.24, 2.45) is 0 Å². The van der Waals surface area contributed by atoms with Crippen LogP contribution in [0.2, 0.25) is 0 Å². The van der Waals surface area contributed by atoms with E-state index in [2.05, 4.69) is 20.4 Å². The summed E-state index contributed by atoms with van der Waals surface area (Å²) in [5, 5.41) is 8.15. The molecule has 4 aromatic rings. The molecule has 0 aliphatic rings. The van der Waals surface area contributed by atoms with E-state index >= 15 is 0 Å². The number of fused-ring (bicyclic) bond motifs is 1. The quantitative estimate of drug-likeness (QED) is 0.599. The lowest BCUT2D eigenvalue weighted by Gasteiger charge is -2.07. The second-order valence-electron chi connectivity index (χ2n) is 5.23. The maximum atomic E-state index is 5.73. The van der Waals surface area contributed by atoms with Gasteiger partial charge in [0.05, 0.1) is 23.0 Å². The van der Waals surface area contributed by atoms with Crippen LogP contribution in [0.25, 0.3) is 11.0 Å². The fraction of sp³-hybridized carbons (Fsp3) is 0.0556. The Morgan fingerprint density at radius 3 is 2.75 bits per heavy atom. The zero-order valence-electron chi connectivity index (χ0n) is 12.9. The first-order chi connectivity index (χ1) is 11.8. The molecule has 118 valence electrons. The molecule has 0 fully saturated rings. The van der Waals surface area contributed by atoms with Gasteiger partial charge >= 0.3 is 0 Å². The molecule has 4 rings (SSSR count). The van der Waals surface area contributed by atoms with Gasteiger partial charge in [0.15, 0.2) is 17.2 Å². The summed E-state index contributed by atoms with van der Waals surface area (Å²) in [5.41, 5.74) is 2.35. The Morgan fingerprint density at radius 1 is 1.00 bits per heavy atom. The van der Waals surface area contributed by atoms with Crippen molar-refractivity contribution in [2.45, 2.75) is 6.92 Å². The first kappa shape index (κ1) is 14.2. The van der Waals surface area contributed by atoms with Crippen LogP contribution in [-0.4, -0.2) is 15.1 Å². The molecule has 0 saturated heterocycles. The molecule has 6 nitrogen and oxygen atoms in total. The Bertz CT molecular complexity index is 980. The molecular weight excluding hydrogens is 304 g/mol. The van der Waals surface area contributed by atoms with Crippen LogP contribution in [-0.2, 0) is 0 Å². The average molecular weight is 318 g/mol. The summed E-state index contributed by atoms with van der Waals surface area (Å²) in [6, 6.07) is 15.0. The predicted molar refractivity (Wildman–Crippen MR) is 90.6 cm³/mol. The van der Waals surface area contributed by atoms with Crippen molar-refractivity contribution in [3.63, 3.8) is 0 Å². The maximum Gasteiger partial charge on any atom is 0.219 e. The Labute approximate surface area is 138 Å². The highest BCUT2D eigenvalue weighted by atomic mass is 16.5. The summed E-state index contributed by atoms with van der Waals surface area (Å²) < 4.78 is 11.0. The van der Waals surface area contributed by atoms with Gasteiger partial charge in [-0.15, -0.1) is 0 Å². The smallest absolute Gasteiger partial charge is 0.219 e. The number of para-hydroxylation sites is 1. The highest BCUT2D eigenvalue weighted by Gasteiger charge is 2.08. The number of pyridine rings is 2. The molecule has 0 radical (unpaired) electrons. The van der Waals surface area contributed by atoms with Crippen molar-refractivity contribution in [3.8, 4) is 11.6 Å². The molecule has 3 aromatic heterocycles. The molecule has 24 heavy (non-hydrogen) atoms. The van der Waals surface area contributed by atoms with E-state index in [4.69, 9.17) is 9.26 Å². The van der Waals surface area contributed by atoms with Crippen LogP contribution < -0.4 is 10.1 Å². The van der Waals surface area contributed by atoms with Crippen molar-refractivity contribution in [1.29, 1.82) is 0 Å². The van der Waals surface area contributed by atoms with Gasteiger partial charge < -0.3 is 14.6 Å². The van der Waals surface area contributed by atoms with E-state index in [0.717, 1.165) is 22.4 Å². The van der Waals surface area contributed by atoms with Crippen LogP contribution >= 0.6 is 0 Å². The highest BCUT2D eigenvalue weighted by Crippen LogP contribution is 2.27. The van der Waals surface area contributed by atoms with E-state index in [-0.39, 0.29) is 0 Å². The molecule has 1 N–H and O–H groups in total. The Kier molecular flexibility index (Phi) is 3.55. The predicted octanol–water partition coefficient (Wildman–Crippen LogP) is 4.46. The number of hydrogen-bond acceptors (Lipinski definition) is 6. The first-order valence-electron chi connectivity index (χ1n) is 7.46. The van der Waals surface area contributed by atoms with Gasteiger partial charge in [0.2, 0.25) is 5.88 Å². The summed E-state index contributed by atoms with van der Waals surface area (Å²) in [6.45, 7) is 1.89. The third-order valence-electron chi connectivity index (χ3n) is 3.55. The number of anilines is 2. The fourth-order valence-electron chi connectivity index (χ4n) is 2.32. The van der Waals surface area contributed by atoms with Crippen molar-refractivity contribution in [1.82, 2.24) is 15.1 Å². The molecule has 0 saturated carbocycles. The monoisotopic (exact) mass is 318 g/mol. The number of aryl methyl sites for hydroxylation is 1. The maximum absolute atomic E-state index is 5.73. The molecular formula is C18H14N4O2. The van der Waals surface area contributed by atoms with Gasteiger partial charge in [-0.2, -0.15) is 0 Å². The van der Waals surface area contributed by atoms with Crippen LogP contribution in [0.1, 0.15) is 5.69 Å². The number of hydrogen-bond donors (Lipinski definition) is 1. The topological polar surface area (TPSA) is 73.1 Å². The second kappa shape index (κ2) is 6.00. The van der Waals surface area contributed by atoms with Crippen molar-refractivity contribution in [3.05, 3.63) is 66.6 Å². The number of nitrogens with zero attached hydrogens (tertiary/aromatic N) is 3. The van der Waals surface area contributed by atoms with Gasteiger partial charge in [0, 0.05) is 12.3 Å². The third-order valence-corrected chi connectivity index (χ3v) is 3.55. The third kappa shape index (κ3) is 2.77. The van der Waals surface area contributed by atoms with E-state index in [1.54, 1.807) is 18.5 Å². The van der Waals surface area contributed by atoms with Gasteiger partial charge in [-0.25, -0.2) is 4.98 Å². The summed E-state index contributed by atoms with van der Waals surface area (Å²) in [5.74, 6) is 1.85. The fourth-order valence-corrected chi connectivity index (χ4v) is 2.32. The highest BCUT2D eigenvalue weighted by molar-refractivity contribution is 5.89. The lowest BCUT2D eigenvalue weighted by atomic mass is 10.2. The summed E-state index contributed by atoms with van der Waals surface area (Å²) in [4.78, 5) is 8.49. The van der Waals surface area contributed by atoms with E-state index in [9.17, 15) is 0 Å². The Hall–Kier alpha value is -3.41. The molecule has 6 heteroatoms. The number of benzene rings is 1. The van der Waals surface area contributed by atoms with Gasteiger partial charge in [0.25, 0.3) is 0 Å². The van der Waals surface area contributed by atoms with Crippen LogP contribution in [0.15, 0.2) is 65.4 Å². The van der Waals surface area contributed by atoms with Crippen molar-refractivity contribution < 1.29 is 9.26 Å². The Morgan fingerprint density at radius 2 is 1.92 bits per heavy atom. The minimum atomic E-state index is 0.502. The molecule has 0 atom stereocenters. The van der Waals surface area contributed by atoms with Gasteiger partial charge in [-0.05, 0) is 37.3 Å². The Balaban J connectivity index is 1.53. The SMILES string of the molecule is Cc1ncccc1Oc1ccc(Nc2noc3ccccc23)cn1. The number of rotatable bonds is 4. The van der Waals surface area contributed by atoms with Crippen LogP contribution in [0.3, 0.4) is 0 Å². The van der Waals surface area contributed by atoms with Crippen LogP contribution in [0, 0.1) is 6.92 Å². The van der Waals surface area contributed by atoms with Crippen LogP contribution in [0.5, 0.6) is 11.6 Å². The van der Waals surface area contributed by atoms with Crippen LogP contribution in [0.4, 0.5) is 11.5 Å². The summed E-state index contributed by atoms with van der Waals surface area (Å²) in [6.07, 6.45) is 3.41. The zero-order valence-corrected chi connectivity index (χ0v) is 12.9. The molecule has 0 amide bonds. The lowest BCUT2D eigenvalue weighted by molar-refractivity contribution is 0.456. The standard InChI is InChI=1S/C18H14N4O2/c1-12-15(7-4-10-19-12)23-17-9-8-13(11-20-17)21-18-14-5-2-3-6-16(14)24-22-18/h2-11H,1H3,(H,21,22). The van der Waals surface area contributed by atoms with E-state index in [0.29, 0.717) is 17.4 Å². The average Bonchev–Trinajstić information content (AvgIpc) is 3.02. The van der Waals surface area contributed by atoms with E-state index in [1.165, 1.54) is 0 Å². The van der Waals surface area contributed by atoms with Crippen molar-refractivity contribution >= 4 is 22.5 Å². The molecule has 0 spiro atoms. The summed E-state index contributed by atoms with van der Waals surface area (Å²) >= 11 is 0. The lowest BCUT2D eigenvalue weighted by Crippen LogP contribution is -1.94.